The maximum atomic E-state index is 14.8. The molecule has 0 saturated carbocycles. The van der Waals surface area contributed by atoms with Gasteiger partial charge in [-0.1, -0.05) is 6.08 Å². The van der Waals surface area contributed by atoms with E-state index in [0.29, 0.717) is 17.2 Å². The normalized spacial score (nSPS) is 19.2. The highest BCUT2D eigenvalue weighted by Gasteiger charge is 2.32. The Morgan fingerprint density at radius 1 is 1.33 bits per heavy atom. The van der Waals surface area contributed by atoms with Crippen LogP contribution in [0.5, 0.6) is 0 Å². The van der Waals surface area contributed by atoms with Crippen molar-refractivity contribution in [2.75, 3.05) is 25.0 Å². The number of ether oxygens (including phenoxy) is 1. The van der Waals surface area contributed by atoms with E-state index in [0.717, 1.165) is 25.1 Å². The summed E-state index contributed by atoms with van der Waals surface area (Å²) in [5, 5.41) is 4.49. The van der Waals surface area contributed by atoms with Crippen LogP contribution in [0.15, 0.2) is 48.1 Å². The number of anilines is 1. The van der Waals surface area contributed by atoms with E-state index in [1.807, 2.05) is 6.20 Å². The number of hydrogen-bond acceptors (Lipinski definition) is 7. The molecule has 0 fully saturated rings. The molecule has 0 aliphatic carbocycles. The molecule has 2 N–H and O–H groups in total. The summed E-state index contributed by atoms with van der Waals surface area (Å²) in [6, 6.07) is 4.60. The highest BCUT2D eigenvalue weighted by atomic mass is 19.1. The molecule has 1 amide bonds. The fourth-order valence-corrected chi connectivity index (χ4v) is 4.33. The lowest BCUT2D eigenvalue weighted by Crippen LogP contribution is -2.27. The molecule has 33 heavy (non-hydrogen) atoms. The first-order valence-corrected chi connectivity index (χ1v) is 10.7. The van der Waals surface area contributed by atoms with Crippen LogP contribution >= 0.6 is 0 Å². The summed E-state index contributed by atoms with van der Waals surface area (Å²) in [6.45, 7) is 5.38. The molecule has 0 bridgehead atoms. The fraction of sp³-hybridized carbons (Fsp3) is 0.304. The van der Waals surface area contributed by atoms with Crippen LogP contribution in [0, 0.1) is 5.82 Å². The number of benzene rings is 1. The van der Waals surface area contributed by atoms with Gasteiger partial charge in [-0.2, -0.15) is 4.98 Å². The van der Waals surface area contributed by atoms with Crippen molar-refractivity contribution in [2.24, 2.45) is 5.73 Å². The van der Waals surface area contributed by atoms with Gasteiger partial charge in [-0.3, -0.25) is 4.79 Å². The molecule has 0 spiro atoms. The number of nitrogens with two attached hydrogens (primary N) is 1. The lowest BCUT2D eigenvalue weighted by Gasteiger charge is -2.24. The van der Waals surface area contributed by atoms with Crippen molar-refractivity contribution in [3.8, 4) is 11.4 Å². The van der Waals surface area contributed by atoms with E-state index in [1.54, 1.807) is 41.6 Å². The minimum Gasteiger partial charge on any atom is -0.463 e. The van der Waals surface area contributed by atoms with Crippen molar-refractivity contribution >= 4 is 22.9 Å². The lowest BCUT2D eigenvalue weighted by molar-refractivity contribution is -0.118. The number of fused-ring (bicyclic) bond motifs is 1. The van der Waals surface area contributed by atoms with Crippen molar-refractivity contribution in [3.05, 3.63) is 59.5 Å². The zero-order valence-corrected chi connectivity index (χ0v) is 18.6. The van der Waals surface area contributed by atoms with Crippen LogP contribution in [-0.4, -0.2) is 56.8 Å². The Morgan fingerprint density at radius 2 is 2.15 bits per heavy atom. The summed E-state index contributed by atoms with van der Waals surface area (Å²) < 4.78 is 22.0. The third kappa shape index (κ3) is 3.72. The number of primary amides is 1. The van der Waals surface area contributed by atoms with Gasteiger partial charge in [0.25, 0.3) is 11.7 Å². The molecule has 1 atom stereocenters. The molecule has 4 heterocycles. The molecule has 170 valence electrons. The van der Waals surface area contributed by atoms with E-state index in [9.17, 15) is 9.18 Å². The molecular formula is C23H24FN7O2. The first kappa shape index (κ1) is 21.1. The Morgan fingerprint density at radius 3 is 2.88 bits per heavy atom. The summed E-state index contributed by atoms with van der Waals surface area (Å²) in [5.74, 6) is -0.409. The standard InChI is InChI=1S/C23H24FN7O2/c1-13-20(21(25)32)33-14(2)31(13)17-6-7-19(24)18(9-17)22-27-23-26-10-16(12-30(23)28-22)15-5-4-8-29(3)11-15/h5-7,9-10,12,14H,4,8,11H2,1-3H3,(H2,25,32). The van der Waals surface area contributed by atoms with Crippen molar-refractivity contribution < 1.29 is 13.9 Å². The average Bonchev–Trinajstić information content (AvgIpc) is 3.34. The van der Waals surface area contributed by atoms with Gasteiger partial charge < -0.3 is 20.3 Å². The maximum Gasteiger partial charge on any atom is 0.285 e. The Kier molecular flexibility index (Phi) is 5.09. The van der Waals surface area contributed by atoms with Crippen molar-refractivity contribution in [1.29, 1.82) is 0 Å². The van der Waals surface area contributed by atoms with Gasteiger partial charge in [-0.15, -0.1) is 5.10 Å². The minimum atomic E-state index is -0.646. The second kappa shape index (κ2) is 7.96. The molecular weight excluding hydrogens is 425 g/mol. The number of nitrogens with zero attached hydrogens (tertiary/aromatic N) is 6. The van der Waals surface area contributed by atoms with Gasteiger partial charge in [0.05, 0.1) is 11.3 Å². The number of carbonyl (C=O) groups is 1. The number of carbonyl (C=O) groups excluding carboxylic acids is 1. The fourth-order valence-electron chi connectivity index (χ4n) is 4.33. The van der Waals surface area contributed by atoms with E-state index in [1.165, 1.54) is 11.6 Å². The average molecular weight is 449 g/mol. The summed E-state index contributed by atoms with van der Waals surface area (Å²) in [7, 11) is 2.08. The molecule has 9 nitrogen and oxygen atoms in total. The topological polar surface area (TPSA) is 102 Å². The van der Waals surface area contributed by atoms with Gasteiger partial charge >= 0.3 is 0 Å². The van der Waals surface area contributed by atoms with Gasteiger partial charge in [-0.25, -0.2) is 13.9 Å². The van der Waals surface area contributed by atoms with Crippen LogP contribution in [0.25, 0.3) is 22.7 Å². The molecule has 10 heteroatoms. The summed E-state index contributed by atoms with van der Waals surface area (Å²) >= 11 is 0. The Hall–Kier alpha value is -3.79. The second-order valence-corrected chi connectivity index (χ2v) is 8.31. The lowest BCUT2D eigenvalue weighted by atomic mass is 10.0. The molecule has 5 rings (SSSR count). The van der Waals surface area contributed by atoms with Crippen LogP contribution in [0.3, 0.4) is 0 Å². The van der Waals surface area contributed by atoms with Gasteiger partial charge in [0.2, 0.25) is 5.76 Å². The zero-order valence-electron chi connectivity index (χ0n) is 18.6. The van der Waals surface area contributed by atoms with E-state index in [2.05, 4.69) is 33.1 Å². The van der Waals surface area contributed by atoms with Crippen LogP contribution in [0.4, 0.5) is 10.1 Å². The number of hydrogen-bond donors (Lipinski definition) is 1. The number of aromatic nitrogens is 4. The van der Waals surface area contributed by atoms with E-state index >= 15 is 0 Å². The first-order valence-electron chi connectivity index (χ1n) is 10.7. The monoisotopic (exact) mass is 449 g/mol. The molecule has 2 aliphatic rings. The van der Waals surface area contributed by atoms with E-state index < -0.39 is 18.0 Å². The van der Waals surface area contributed by atoms with E-state index in [-0.39, 0.29) is 17.1 Å². The van der Waals surface area contributed by atoms with Crippen LogP contribution in [0.2, 0.25) is 0 Å². The van der Waals surface area contributed by atoms with Crippen molar-refractivity contribution in [3.63, 3.8) is 0 Å². The van der Waals surface area contributed by atoms with Crippen LogP contribution in [0.1, 0.15) is 25.8 Å². The SMILES string of the molecule is CC1=C(C(N)=O)OC(C)N1c1ccc(F)c(-c2nc3ncc(C4=CCCN(C)C4)cn3n2)c1. The van der Waals surface area contributed by atoms with Crippen LogP contribution < -0.4 is 10.6 Å². The summed E-state index contributed by atoms with van der Waals surface area (Å²) in [4.78, 5) is 24.5. The van der Waals surface area contributed by atoms with Gasteiger partial charge in [0, 0.05) is 36.7 Å². The minimum absolute atomic E-state index is 0.0959. The quantitative estimate of drug-likeness (QED) is 0.653. The van der Waals surface area contributed by atoms with E-state index in [4.69, 9.17) is 10.5 Å². The molecule has 0 radical (unpaired) electrons. The molecule has 1 aromatic carbocycles. The smallest absolute Gasteiger partial charge is 0.285 e. The maximum absolute atomic E-state index is 14.8. The predicted octanol–water partition coefficient (Wildman–Crippen LogP) is 2.55. The Labute approximate surface area is 190 Å². The zero-order chi connectivity index (χ0) is 23.3. The molecule has 0 saturated heterocycles. The Bertz CT molecular complexity index is 1330. The van der Waals surface area contributed by atoms with Gasteiger partial charge in [-0.05, 0) is 51.1 Å². The molecule has 3 aromatic rings. The van der Waals surface area contributed by atoms with Crippen molar-refractivity contribution in [2.45, 2.75) is 26.5 Å². The molecule has 1 unspecified atom stereocenters. The number of halogens is 1. The predicted molar refractivity (Wildman–Crippen MR) is 121 cm³/mol. The molecule has 2 aromatic heterocycles. The second-order valence-electron chi connectivity index (χ2n) is 8.31. The first-order chi connectivity index (χ1) is 15.8. The van der Waals surface area contributed by atoms with Crippen LogP contribution in [-0.2, 0) is 9.53 Å². The third-order valence-electron chi connectivity index (χ3n) is 5.94. The summed E-state index contributed by atoms with van der Waals surface area (Å²) in [6.07, 6.45) is 6.36. The highest BCUT2D eigenvalue weighted by Crippen LogP contribution is 2.34. The highest BCUT2D eigenvalue weighted by molar-refractivity contribution is 5.92. The van der Waals surface area contributed by atoms with Crippen molar-refractivity contribution in [1.82, 2.24) is 24.5 Å². The number of amides is 1. The largest absolute Gasteiger partial charge is 0.463 e. The molecule has 2 aliphatic heterocycles. The van der Waals surface area contributed by atoms with Gasteiger partial charge in [0.1, 0.15) is 5.82 Å². The van der Waals surface area contributed by atoms with Gasteiger partial charge in [0.15, 0.2) is 12.1 Å². The third-order valence-corrected chi connectivity index (χ3v) is 5.94. The number of allylic oxidation sites excluding steroid dienone is 1. The number of likely N-dealkylation sites (N-methyl/N-ethyl adjacent to an activating group) is 1. The Balaban J connectivity index is 1.52. The summed E-state index contributed by atoms with van der Waals surface area (Å²) in [5.41, 5.74) is 8.97. The number of rotatable bonds is 4.